The van der Waals surface area contributed by atoms with Crippen LogP contribution in [0.1, 0.15) is 23.6 Å². The Balaban J connectivity index is 1.79. The van der Waals surface area contributed by atoms with Crippen molar-refractivity contribution < 1.29 is 26.3 Å². The van der Waals surface area contributed by atoms with E-state index in [0.717, 1.165) is 24.5 Å². The quantitative estimate of drug-likeness (QED) is 0.467. The van der Waals surface area contributed by atoms with Gasteiger partial charge in [-0.15, -0.1) is 0 Å². The molecule has 160 valence electrons. The van der Waals surface area contributed by atoms with Crippen LogP contribution in [0, 0.1) is 0 Å². The monoisotopic (exact) mass is 436 g/mol. The van der Waals surface area contributed by atoms with Crippen molar-refractivity contribution in [2.75, 3.05) is 11.6 Å². The van der Waals surface area contributed by atoms with Crippen LogP contribution in [0.15, 0.2) is 59.4 Å². The molecule has 0 amide bonds. The lowest BCUT2D eigenvalue weighted by molar-refractivity contribution is -0.138. The van der Waals surface area contributed by atoms with E-state index in [4.69, 9.17) is 0 Å². The number of allylic oxidation sites excluding steroid dienone is 1. The summed E-state index contributed by atoms with van der Waals surface area (Å²) in [4.78, 5) is 13.8. The Morgan fingerprint density at radius 3 is 2.32 bits per heavy atom. The summed E-state index contributed by atoms with van der Waals surface area (Å²) in [5, 5.41) is -0.0410. The highest BCUT2D eigenvalue weighted by Gasteiger charge is 2.33. The molecule has 0 spiro atoms. The van der Waals surface area contributed by atoms with Crippen LogP contribution in [-0.2, 0) is 12.4 Å². The van der Waals surface area contributed by atoms with E-state index in [9.17, 15) is 26.3 Å². The molecule has 0 aliphatic carbocycles. The van der Waals surface area contributed by atoms with Gasteiger partial charge >= 0.3 is 12.4 Å². The van der Waals surface area contributed by atoms with Crippen LogP contribution >= 0.6 is 0 Å². The fourth-order valence-electron chi connectivity index (χ4n) is 3.43. The van der Waals surface area contributed by atoms with E-state index < -0.39 is 23.5 Å². The molecule has 1 aliphatic heterocycles. The average Bonchev–Trinajstić information content (AvgIpc) is 2.71. The van der Waals surface area contributed by atoms with Crippen molar-refractivity contribution in [2.45, 2.75) is 19.3 Å². The molecule has 31 heavy (non-hydrogen) atoms. The van der Waals surface area contributed by atoms with Gasteiger partial charge in [-0.25, -0.2) is 4.98 Å². The Kier molecular flexibility index (Phi) is 4.95. The first-order chi connectivity index (χ1) is 14.6. The second kappa shape index (κ2) is 7.36. The third kappa shape index (κ3) is 3.97. The fraction of sp³-hybridized carbons (Fsp3) is 0.190. The highest BCUT2D eigenvalue weighted by atomic mass is 19.4. The van der Waals surface area contributed by atoms with Gasteiger partial charge in [0.15, 0.2) is 0 Å². The molecule has 0 fully saturated rings. The number of aromatic nitrogens is 2. The molecule has 4 nitrogen and oxygen atoms in total. The number of pyridine rings is 2. The molecule has 0 atom stereocenters. The number of halogens is 6. The van der Waals surface area contributed by atoms with Gasteiger partial charge in [-0.1, -0.05) is 12.1 Å². The van der Waals surface area contributed by atoms with Gasteiger partial charge in [0.2, 0.25) is 0 Å². The number of hydrogen-bond donors (Lipinski definition) is 0. The summed E-state index contributed by atoms with van der Waals surface area (Å²) in [6.07, 6.45) is -5.61. The lowest BCUT2D eigenvalue weighted by atomic mass is 10.0. The first-order valence-electron chi connectivity index (χ1n) is 9.03. The highest BCUT2D eigenvalue weighted by Crippen LogP contribution is 2.37. The van der Waals surface area contributed by atoms with Crippen molar-refractivity contribution >= 4 is 28.6 Å². The molecule has 0 unspecified atom stereocenters. The van der Waals surface area contributed by atoms with E-state index >= 15 is 0 Å². The van der Waals surface area contributed by atoms with Crippen LogP contribution < -0.4 is 4.90 Å². The first kappa shape index (κ1) is 20.8. The summed E-state index contributed by atoms with van der Waals surface area (Å²) in [5.41, 5.74) is 0.276. The maximum Gasteiger partial charge on any atom is 0.417 e. The Hall–Kier alpha value is -3.43. The minimum absolute atomic E-state index is 0.0410. The van der Waals surface area contributed by atoms with Gasteiger partial charge in [-0.2, -0.15) is 26.3 Å². The molecule has 10 heteroatoms. The summed E-state index contributed by atoms with van der Waals surface area (Å²) in [6, 6.07) is 7.44. The summed E-state index contributed by atoms with van der Waals surface area (Å²) < 4.78 is 78.4. The molecule has 0 N–H and O–H groups in total. The van der Waals surface area contributed by atoms with E-state index in [2.05, 4.69) is 15.0 Å². The van der Waals surface area contributed by atoms with Crippen molar-refractivity contribution in [3.8, 4) is 0 Å². The third-order valence-electron chi connectivity index (χ3n) is 4.82. The van der Waals surface area contributed by atoms with Gasteiger partial charge < -0.3 is 4.90 Å². The van der Waals surface area contributed by atoms with E-state index in [1.54, 1.807) is 18.0 Å². The van der Waals surface area contributed by atoms with Crippen LogP contribution in [-0.4, -0.2) is 22.9 Å². The van der Waals surface area contributed by atoms with Crippen molar-refractivity contribution in [1.82, 2.24) is 9.97 Å². The van der Waals surface area contributed by atoms with E-state index in [0.29, 0.717) is 16.8 Å². The summed E-state index contributed by atoms with van der Waals surface area (Å²) in [7, 11) is 0. The second-order valence-electron chi connectivity index (χ2n) is 6.90. The topological polar surface area (TPSA) is 41.4 Å². The predicted molar refractivity (Wildman–Crippen MR) is 104 cm³/mol. The van der Waals surface area contributed by atoms with Crippen LogP contribution in [0.4, 0.5) is 32.2 Å². The number of anilines is 1. The van der Waals surface area contributed by atoms with Gasteiger partial charge in [0, 0.05) is 29.6 Å². The Bertz CT molecular complexity index is 1190. The van der Waals surface area contributed by atoms with Crippen molar-refractivity contribution in [3.05, 3.63) is 71.1 Å². The number of nitrogens with zero attached hydrogens (tertiary/aromatic N) is 4. The van der Waals surface area contributed by atoms with Crippen molar-refractivity contribution in [2.24, 2.45) is 4.99 Å². The number of benzene rings is 1. The summed E-state index contributed by atoms with van der Waals surface area (Å²) >= 11 is 0. The smallest absolute Gasteiger partial charge is 0.305 e. The molecule has 1 aliphatic rings. The lowest BCUT2D eigenvalue weighted by Gasteiger charge is -2.29. The van der Waals surface area contributed by atoms with Gasteiger partial charge in [0.25, 0.3) is 0 Å². The second-order valence-corrected chi connectivity index (χ2v) is 6.90. The normalized spacial score (nSPS) is 15.1. The van der Waals surface area contributed by atoms with Crippen LogP contribution in [0.2, 0.25) is 0 Å². The van der Waals surface area contributed by atoms with Gasteiger partial charge in [0.1, 0.15) is 12.5 Å². The maximum atomic E-state index is 13.3. The highest BCUT2D eigenvalue weighted by molar-refractivity contribution is 5.98. The third-order valence-corrected chi connectivity index (χ3v) is 4.82. The Morgan fingerprint density at radius 2 is 1.68 bits per heavy atom. The van der Waals surface area contributed by atoms with Crippen LogP contribution in [0.3, 0.4) is 0 Å². The van der Waals surface area contributed by atoms with E-state index in [1.165, 1.54) is 24.3 Å². The summed E-state index contributed by atoms with van der Waals surface area (Å²) in [5.74, 6) is 0.233. The minimum Gasteiger partial charge on any atom is -0.305 e. The number of fused-ring (bicyclic) bond motifs is 1. The van der Waals surface area contributed by atoms with Crippen LogP contribution in [0.5, 0.6) is 0 Å². The largest absolute Gasteiger partial charge is 0.417 e. The zero-order chi connectivity index (χ0) is 22.4. The molecule has 4 rings (SSSR count). The minimum atomic E-state index is -4.52. The van der Waals surface area contributed by atoms with Gasteiger partial charge in [-0.3, -0.25) is 9.98 Å². The Labute approximate surface area is 172 Å². The van der Waals surface area contributed by atoms with E-state index in [1.807, 2.05) is 0 Å². The lowest BCUT2D eigenvalue weighted by Crippen LogP contribution is -2.27. The number of alkyl halides is 6. The molecule has 0 saturated carbocycles. The molecule has 0 saturated heterocycles. The molecular weight excluding hydrogens is 422 g/mol. The molecular formula is C21H14F6N4. The number of aliphatic imine (C=N–C) groups is 1. The average molecular weight is 436 g/mol. The Morgan fingerprint density at radius 1 is 0.903 bits per heavy atom. The molecule has 0 bridgehead atoms. The zero-order valence-corrected chi connectivity index (χ0v) is 16.0. The van der Waals surface area contributed by atoms with Gasteiger partial charge in [-0.05, 0) is 36.8 Å². The molecule has 3 aromatic rings. The molecule has 2 aromatic heterocycles. The van der Waals surface area contributed by atoms with Crippen molar-refractivity contribution in [1.29, 1.82) is 0 Å². The van der Waals surface area contributed by atoms with Gasteiger partial charge in [0.05, 0.1) is 22.3 Å². The standard InChI is InChI=1S/C21H14F6N4/c1-12-9-28-11-31(18-5-3-14(10-30-18)20(22,23)24)19(12)13-2-4-15-16(21(25,26)27)6-7-29-17(15)8-13/h2-10H,11H2,1H3. The fourth-order valence-corrected chi connectivity index (χ4v) is 3.43. The van der Waals surface area contributed by atoms with E-state index in [-0.39, 0.29) is 23.4 Å². The predicted octanol–water partition coefficient (Wildman–Crippen LogP) is 5.95. The van der Waals surface area contributed by atoms with Crippen LogP contribution in [0.25, 0.3) is 16.6 Å². The number of hydrogen-bond acceptors (Lipinski definition) is 4. The molecule has 0 radical (unpaired) electrons. The van der Waals surface area contributed by atoms with Crippen molar-refractivity contribution in [3.63, 3.8) is 0 Å². The molecule has 1 aromatic carbocycles. The number of rotatable bonds is 2. The maximum absolute atomic E-state index is 13.3. The SMILES string of the molecule is CC1=C(c2ccc3c(C(F)(F)F)ccnc3c2)N(c2ccc(C(F)(F)F)cn2)CN=C1. The zero-order valence-electron chi connectivity index (χ0n) is 16.0. The summed E-state index contributed by atoms with van der Waals surface area (Å²) in [6.45, 7) is 1.85. The molecule has 3 heterocycles. The first-order valence-corrected chi connectivity index (χ1v) is 9.03.